The molecule has 0 heterocycles. The standard InChI is InChI=1S/C14H17F3O3/c1-8(2)13(20,12(18)19)9(3)10-5-4-6-11(7-10)14(15,16)17/h4-9,20H,1-3H3,(H,18,19). The van der Waals surface area contributed by atoms with Gasteiger partial charge < -0.3 is 10.2 Å². The number of rotatable bonds is 4. The summed E-state index contributed by atoms with van der Waals surface area (Å²) in [6.45, 7) is 4.43. The third-order valence-electron chi connectivity index (χ3n) is 3.60. The second kappa shape index (κ2) is 5.44. The largest absolute Gasteiger partial charge is 0.479 e. The summed E-state index contributed by atoms with van der Waals surface area (Å²) in [7, 11) is 0. The first-order chi connectivity index (χ1) is 9.01. The molecule has 0 saturated heterocycles. The van der Waals surface area contributed by atoms with Gasteiger partial charge in [-0.2, -0.15) is 13.2 Å². The Bertz CT molecular complexity index is 497. The second-order valence-electron chi connectivity index (χ2n) is 5.13. The van der Waals surface area contributed by atoms with Crippen LogP contribution in [0.25, 0.3) is 0 Å². The van der Waals surface area contributed by atoms with Crippen molar-refractivity contribution in [3.05, 3.63) is 35.4 Å². The van der Waals surface area contributed by atoms with Crippen LogP contribution >= 0.6 is 0 Å². The molecule has 0 bridgehead atoms. The monoisotopic (exact) mass is 290 g/mol. The Balaban J connectivity index is 3.27. The predicted molar refractivity (Wildman–Crippen MR) is 67.3 cm³/mol. The molecule has 2 unspecified atom stereocenters. The molecular formula is C14H17F3O3. The van der Waals surface area contributed by atoms with Gasteiger partial charge in [-0.25, -0.2) is 4.79 Å². The molecular weight excluding hydrogens is 273 g/mol. The van der Waals surface area contributed by atoms with Crippen molar-refractivity contribution in [3.63, 3.8) is 0 Å². The zero-order valence-electron chi connectivity index (χ0n) is 11.4. The first kappa shape index (κ1) is 16.5. The molecule has 1 aromatic carbocycles. The topological polar surface area (TPSA) is 57.5 Å². The average molecular weight is 290 g/mol. The molecule has 3 nitrogen and oxygen atoms in total. The highest BCUT2D eigenvalue weighted by Gasteiger charge is 2.45. The number of benzene rings is 1. The van der Waals surface area contributed by atoms with Crippen LogP contribution in [-0.2, 0) is 11.0 Å². The Morgan fingerprint density at radius 1 is 1.20 bits per heavy atom. The predicted octanol–water partition coefficient (Wildman–Crippen LogP) is 3.28. The normalized spacial score (nSPS) is 16.8. The van der Waals surface area contributed by atoms with Crippen LogP contribution in [0.3, 0.4) is 0 Å². The maximum atomic E-state index is 12.7. The lowest BCUT2D eigenvalue weighted by molar-refractivity contribution is -0.166. The lowest BCUT2D eigenvalue weighted by atomic mass is 9.76. The molecule has 2 atom stereocenters. The van der Waals surface area contributed by atoms with E-state index in [2.05, 4.69) is 0 Å². The molecule has 0 fully saturated rings. The van der Waals surface area contributed by atoms with Crippen LogP contribution < -0.4 is 0 Å². The lowest BCUT2D eigenvalue weighted by Gasteiger charge is -2.34. The minimum atomic E-state index is -4.51. The van der Waals surface area contributed by atoms with Gasteiger partial charge in [-0.1, -0.05) is 39.0 Å². The fourth-order valence-electron chi connectivity index (χ4n) is 2.17. The number of alkyl halides is 3. The van der Waals surface area contributed by atoms with E-state index in [1.165, 1.54) is 32.9 Å². The van der Waals surface area contributed by atoms with E-state index in [0.717, 1.165) is 12.1 Å². The van der Waals surface area contributed by atoms with Crippen LogP contribution in [0.5, 0.6) is 0 Å². The lowest BCUT2D eigenvalue weighted by Crippen LogP contribution is -2.48. The number of hydrogen-bond donors (Lipinski definition) is 2. The maximum Gasteiger partial charge on any atom is 0.416 e. The molecule has 1 aromatic rings. The Labute approximate surface area is 115 Å². The fraction of sp³-hybridized carbons (Fsp3) is 0.500. The summed E-state index contributed by atoms with van der Waals surface area (Å²) in [6.07, 6.45) is -4.51. The van der Waals surface area contributed by atoms with Crippen LogP contribution in [0.4, 0.5) is 13.2 Å². The summed E-state index contributed by atoms with van der Waals surface area (Å²) in [5, 5.41) is 19.5. The van der Waals surface area contributed by atoms with Gasteiger partial charge in [0.1, 0.15) is 0 Å². The van der Waals surface area contributed by atoms with Crippen molar-refractivity contribution in [2.45, 2.75) is 38.5 Å². The molecule has 6 heteroatoms. The second-order valence-corrected chi connectivity index (χ2v) is 5.13. The summed E-state index contributed by atoms with van der Waals surface area (Å²) >= 11 is 0. The van der Waals surface area contributed by atoms with Crippen LogP contribution in [0, 0.1) is 5.92 Å². The Morgan fingerprint density at radius 3 is 2.15 bits per heavy atom. The maximum absolute atomic E-state index is 12.7. The van der Waals surface area contributed by atoms with Crippen molar-refractivity contribution >= 4 is 5.97 Å². The van der Waals surface area contributed by atoms with Gasteiger partial charge in [0.05, 0.1) is 5.56 Å². The molecule has 0 aliphatic heterocycles. The molecule has 0 amide bonds. The van der Waals surface area contributed by atoms with E-state index < -0.39 is 35.1 Å². The fourth-order valence-corrected chi connectivity index (χ4v) is 2.17. The summed E-state index contributed by atoms with van der Waals surface area (Å²) < 4.78 is 38.0. The summed E-state index contributed by atoms with van der Waals surface area (Å²) in [5.74, 6) is -3.07. The molecule has 0 spiro atoms. The molecule has 0 radical (unpaired) electrons. The molecule has 0 aromatic heterocycles. The Kier molecular flexibility index (Phi) is 4.49. The van der Waals surface area contributed by atoms with Gasteiger partial charge in [0, 0.05) is 5.92 Å². The number of halogens is 3. The summed E-state index contributed by atoms with van der Waals surface area (Å²) in [4.78, 5) is 11.3. The van der Waals surface area contributed by atoms with Crippen LogP contribution in [0.15, 0.2) is 24.3 Å². The number of carboxylic acids is 1. The zero-order chi connectivity index (χ0) is 15.7. The highest BCUT2D eigenvalue weighted by atomic mass is 19.4. The van der Waals surface area contributed by atoms with Crippen molar-refractivity contribution in [1.82, 2.24) is 0 Å². The van der Waals surface area contributed by atoms with Crippen molar-refractivity contribution in [3.8, 4) is 0 Å². The van der Waals surface area contributed by atoms with Crippen LogP contribution in [0.2, 0.25) is 0 Å². The van der Waals surface area contributed by atoms with E-state index in [0.29, 0.717) is 0 Å². The van der Waals surface area contributed by atoms with E-state index in [1.807, 2.05) is 0 Å². The van der Waals surface area contributed by atoms with Gasteiger partial charge in [0.25, 0.3) is 0 Å². The van der Waals surface area contributed by atoms with E-state index in [9.17, 15) is 28.2 Å². The molecule has 1 rings (SSSR count). The van der Waals surface area contributed by atoms with Gasteiger partial charge in [-0.3, -0.25) is 0 Å². The van der Waals surface area contributed by atoms with Crippen molar-refractivity contribution in [2.75, 3.05) is 0 Å². The van der Waals surface area contributed by atoms with Crippen LogP contribution in [-0.4, -0.2) is 21.8 Å². The molecule has 0 aliphatic rings. The highest BCUT2D eigenvalue weighted by Crippen LogP contribution is 2.37. The van der Waals surface area contributed by atoms with Gasteiger partial charge in [-0.15, -0.1) is 0 Å². The Morgan fingerprint density at radius 2 is 1.75 bits per heavy atom. The summed E-state index contributed by atoms with van der Waals surface area (Å²) in [5.41, 5.74) is -2.85. The minimum Gasteiger partial charge on any atom is -0.479 e. The van der Waals surface area contributed by atoms with Gasteiger partial charge >= 0.3 is 12.1 Å². The number of hydrogen-bond acceptors (Lipinski definition) is 2. The molecule has 112 valence electrons. The number of aliphatic carboxylic acids is 1. The van der Waals surface area contributed by atoms with Crippen LogP contribution in [0.1, 0.15) is 37.8 Å². The third-order valence-corrected chi connectivity index (χ3v) is 3.60. The van der Waals surface area contributed by atoms with Gasteiger partial charge in [0.2, 0.25) is 0 Å². The molecule has 0 saturated carbocycles. The van der Waals surface area contributed by atoms with Gasteiger partial charge in [-0.05, 0) is 17.5 Å². The first-order valence-electron chi connectivity index (χ1n) is 6.14. The number of carboxylic acid groups (broad SMARTS) is 1. The van der Waals surface area contributed by atoms with Crippen molar-refractivity contribution in [1.29, 1.82) is 0 Å². The molecule has 20 heavy (non-hydrogen) atoms. The van der Waals surface area contributed by atoms with E-state index in [-0.39, 0.29) is 5.56 Å². The Hall–Kier alpha value is -1.56. The van der Waals surface area contributed by atoms with Crippen molar-refractivity contribution < 1.29 is 28.2 Å². The quantitative estimate of drug-likeness (QED) is 0.894. The van der Waals surface area contributed by atoms with Crippen molar-refractivity contribution in [2.24, 2.45) is 5.92 Å². The van der Waals surface area contributed by atoms with E-state index in [1.54, 1.807) is 0 Å². The highest BCUT2D eigenvalue weighted by molar-refractivity contribution is 5.79. The number of aliphatic hydroxyl groups is 1. The van der Waals surface area contributed by atoms with Gasteiger partial charge in [0.15, 0.2) is 5.60 Å². The SMILES string of the molecule is CC(C)C(O)(C(=O)O)C(C)c1cccc(C(F)(F)F)c1. The molecule has 2 N–H and O–H groups in total. The third kappa shape index (κ3) is 2.95. The van der Waals surface area contributed by atoms with E-state index in [4.69, 9.17) is 0 Å². The zero-order valence-corrected chi connectivity index (χ0v) is 11.4. The number of carbonyl (C=O) groups is 1. The average Bonchev–Trinajstić information content (AvgIpc) is 2.35. The minimum absolute atomic E-state index is 0.137. The first-order valence-corrected chi connectivity index (χ1v) is 6.14. The smallest absolute Gasteiger partial charge is 0.416 e. The summed E-state index contributed by atoms with van der Waals surface area (Å²) in [6, 6.07) is 4.37. The molecule has 0 aliphatic carbocycles. The van der Waals surface area contributed by atoms with E-state index >= 15 is 0 Å².